The van der Waals surface area contributed by atoms with Gasteiger partial charge in [-0.2, -0.15) is 0 Å². The molecule has 0 radical (unpaired) electrons. The lowest BCUT2D eigenvalue weighted by Gasteiger charge is -2.23. The van der Waals surface area contributed by atoms with Crippen molar-refractivity contribution in [1.29, 1.82) is 5.41 Å². The molecule has 30 heavy (non-hydrogen) atoms. The lowest BCUT2D eigenvalue weighted by atomic mass is 9.93. The van der Waals surface area contributed by atoms with E-state index < -0.39 is 0 Å². The third-order valence-electron chi connectivity index (χ3n) is 4.84. The van der Waals surface area contributed by atoms with E-state index in [2.05, 4.69) is 32.2 Å². The van der Waals surface area contributed by atoms with Crippen molar-refractivity contribution in [2.45, 2.75) is 33.2 Å². The normalized spacial score (nSPS) is 13.0. The number of imidazole rings is 1. The molecule has 1 aromatic carbocycles. The lowest BCUT2D eigenvalue weighted by molar-refractivity contribution is 0.406. The highest BCUT2D eigenvalue weighted by atomic mass is 35.5. The highest BCUT2D eigenvalue weighted by Crippen LogP contribution is 2.41. The molecule has 0 aliphatic carbocycles. The number of hydrogen-bond acceptors (Lipinski definition) is 6. The van der Waals surface area contributed by atoms with Gasteiger partial charge in [0.1, 0.15) is 17.6 Å². The monoisotopic (exact) mass is 424 g/mol. The summed E-state index contributed by atoms with van der Waals surface area (Å²) in [6.07, 6.45) is 11.0. The number of ether oxygens (including phenoxy) is 1. The van der Waals surface area contributed by atoms with E-state index in [0.29, 0.717) is 22.2 Å². The van der Waals surface area contributed by atoms with E-state index in [9.17, 15) is 0 Å². The van der Waals surface area contributed by atoms with Gasteiger partial charge in [-0.15, -0.1) is 0 Å². The van der Waals surface area contributed by atoms with Crippen LogP contribution in [0.25, 0.3) is 16.7 Å². The zero-order chi connectivity index (χ0) is 21.7. The minimum absolute atomic E-state index is 0.172. The predicted molar refractivity (Wildman–Crippen MR) is 123 cm³/mol. The van der Waals surface area contributed by atoms with Gasteiger partial charge in [-0.1, -0.05) is 30.7 Å². The smallest absolute Gasteiger partial charge is 0.182 e. The molecule has 2 heterocycles. The Labute approximate surface area is 180 Å². The topological polar surface area (TPSA) is 99.6 Å². The van der Waals surface area contributed by atoms with Gasteiger partial charge < -0.3 is 20.4 Å². The first kappa shape index (κ1) is 21.5. The fourth-order valence-corrected chi connectivity index (χ4v) is 3.56. The zero-order valence-electron chi connectivity index (χ0n) is 17.5. The molecular formula is C22H25ClN6O. The molecule has 3 rings (SSSR count). The van der Waals surface area contributed by atoms with Gasteiger partial charge in [0.15, 0.2) is 11.5 Å². The highest BCUT2D eigenvalue weighted by molar-refractivity contribution is 6.31. The summed E-state index contributed by atoms with van der Waals surface area (Å²) in [5.74, 6) is 1.35. The van der Waals surface area contributed by atoms with E-state index in [-0.39, 0.29) is 6.04 Å². The molecule has 0 spiro atoms. The number of methoxy groups -OCH3 is 1. The molecule has 0 amide bonds. The number of aromatic nitrogens is 4. The third kappa shape index (κ3) is 4.21. The van der Waals surface area contributed by atoms with Gasteiger partial charge in [0.2, 0.25) is 0 Å². The highest BCUT2D eigenvalue weighted by Gasteiger charge is 2.22. The van der Waals surface area contributed by atoms with Crippen molar-refractivity contribution in [3.05, 3.63) is 58.7 Å². The fourth-order valence-electron chi connectivity index (χ4n) is 3.35. The Morgan fingerprint density at radius 3 is 2.87 bits per heavy atom. The van der Waals surface area contributed by atoms with Crippen LogP contribution in [-0.2, 0) is 0 Å². The van der Waals surface area contributed by atoms with Crippen LogP contribution >= 0.6 is 11.6 Å². The molecule has 1 unspecified atom stereocenters. The van der Waals surface area contributed by atoms with Gasteiger partial charge >= 0.3 is 0 Å². The van der Waals surface area contributed by atoms with Crippen molar-refractivity contribution >= 4 is 40.4 Å². The summed E-state index contributed by atoms with van der Waals surface area (Å²) < 4.78 is 5.85. The van der Waals surface area contributed by atoms with Gasteiger partial charge in [-0.05, 0) is 43.5 Å². The number of benzene rings is 1. The SMILES string of the molecule is CCC=C/C(=C\C=N)c1c(C)c(Cl)cc(C(C)Nc2ncnc3nc[nH]c23)c1OC. The standard InChI is InChI=1S/C22H25ClN6O/c1-5-6-7-15(8-9-24)18-13(2)17(23)10-16(20(18)30-4)14(3)29-22-19-21(26-11-25-19)27-12-28-22/h6-12,14,24H,5H2,1-4H3,(H2,25,26,27,28,29)/b7-6?,15-8+,24-9?. The summed E-state index contributed by atoms with van der Waals surface area (Å²) in [5, 5.41) is 11.6. The quantitative estimate of drug-likeness (QED) is 0.327. The van der Waals surface area contributed by atoms with E-state index in [1.165, 1.54) is 12.5 Å². The minimum atomic E-state index is -0.172. The first-order valence-electron chi connectivity index (χ1n) is 9.67. The zero-order valence-corrected chi connectivity index (χ0v) is 18.2. The first-order chi connectivity index (χ1) is 14.5. The Morgan fingerprint density at radius 1 is 1.37 bits per heavy atom. The van der Waals surface area contributed by atoms with Crippen molar-refractivity contribution in [2.24, 2.45) is 0 Å². The second-order valence-electron chi connectivity index (χ2n) is 6.77. The number of allylic oxidation sites excluding steroid dienone is 4. The summed E-state index contributed by atoms with van der Waals surface area (Å²) in [4.78, 5) is 15.7. The van der Waals surface area contributed by atoms with Crippen molar-refractivity contribution in [2.75, 3.05) is 12.4 Å². The number of nitrogens with one attached hydrogen (secondary N) is 3. The Kier molecular flexibility index (Phi) is 6.84. The molecule has 156 valence electrons. The van der Waals surface area contributed by atoms with Gasteiger partial charge in [-0.25, -0.2) is 15.0 Å². The van der Waals surface area contributed by atoms with E-state index >= 15 is 0 Å². The summed E-state index contributed by atoms with van der Waals surface area (Å²) in [5.41, 5.74) is 4.85. The molecule has 0 aliphatic heterocycles. The molecule has 3 N–H and O–H groups in total. The van der Waals surface area contributed by atoms with Gasteiger partial charge in [0.05, 0.1) is 19.5 Å². The van der Waals surface area contributed by atoms with Gasteiger partial charge in [0.25, 0.3) is 0 Å². The second-order valence-corrected chi connectivity index (χ2v) is 7.18. The molecule has 1 atom stereocenters. The maximum Gasteiger partial charge on any atom is 0.182 e. The number of hydrogen-bond donors (Lipinski definition) is 3. The fraction of sp³-hybridized carbons (Fsp3) is 0.273. The summed E-state index contributed by atoms with van der Waals surface area (Å²) in [6, 6.07) is 1.74. The molecule has 2 aromatic heterocycles. The Morgan fingerprint density at radius 2 is 2.17 bits per heavy atom. The molecular weight excluding hydrogens is 400 g/mol. The van der Waals surface area contributed by atoms with Crippen LogP contribution in [0.5, 0.6) is 5.75 Å². The van der Waals surface area contributed by atoms with Crippen LogP contribution in [0.1, 0.15) is 43.0 Å². The van der Waals surface area contributed by atoms with Crippen LogP contribution in [-0.4, -0.2) is 33.3 Å². The number of rotatable bonds is 8. The summed E-state index contributed by atoms with van der Waals surface area (Å²) in [6.45, 7) is 6.04. The lowest BCUT2D eigenvalue weighted by Crippen LogP contribution is -2.12. The van der Waals surface area contributed by atoms with Crippen molar-refractivity contribution in [1.82, 2.24) is 19.9 Å². The van der Waals surface area contributed by atoms with E-state index in [1.54, 1.807) is 19.5 Å². The van der Waals surface area contributed by atoms with Crippen LogP contribution in [0, 0.1) is 12.3 Å². The molecule has 8 heteroatoms. The van der Waals surface area contributed by atoms with Crippen LogP contribution in [0.15, 0.2) is 36.9 Å². The van der Waals surface area contributed by atoms with Crippen LogP contribution in [0.2, 0.25) is 5.02 Å². The Bertz CT molecular complexity index is 1120. The number of anilines is 1. The maximum atomic E-state index is 7.57. The average Bonchev–Trinajstić information content (AvgIpc) is 3.22. The van der Waals surface area contributed by atoms with Gasteiger partial charge in [0, 0.05) is 22.4 Å². The van der Waals surface area contributed by atoms with Gasteiger partial charge in [-0.3, -0.25) is 0 Å². The molecule has 7 nitrogen and oxygen atoms in total. The Balaban J connectivity index is 2.11. The number of nitrogens with zero attached hydrogens (tertiary/aromatic N) is 3. The number of fused-ring (bicyclic) bond motifs is 1. The Hall–Kier alpha value is -3.19. The van der Waals surface area contributed by atoms with E-state index in [0.717, 1.165) is 34.2 Å². The third-order valence-corrected chi connectivity index (χ3v) is 5.23. The van der Waals surface area contributed by atoms with E-state index in [1.807, 2.05) is 32.1 Å². The molecule has 0 saturated carbocycles. The summed E-state index contributed by atoms with van der Waals surface area (Å²) in [7, 11) is 1.64. The predicted octanol–water partition coefficient (Wildman–Crippen LogP) is 5.50. The van der Waals surface area contributed by atoms with Crippen LogP contribution < -0.4 is 10.1 Å². The van der Waals surface area contributed by atoms with E-state index in [4.69, 9.17) is 21.7 Å². The molecule has 0 aliphatic rings. The minimum Gasteiger partial charge on any atom is -0.496 e. The van der Waals surface area contributed by atoms with Crippen molar-refractivity contribution < 1.29 is 4.74 Å². The average molecular weight is 425 g/mol. The van der Waals surface area contributed by atoms with Crippen molar-refractivity contribution in [3.63, 3.8) is 0 Å². The maximum absolute atomic E-state index is 7.57. The molecule has 3 aromatic rings. The molecule has 0 saturated heterocycles. The molecule has 0 bridgehead atoms. The molecule has 0 fully saturated rings. The number of halogens is 1. The van der Waals surface area contributed by atoms with Crippen LogP contribution in [0.3, 0.4) is 0 Å². The first-order valence-corrected chi connectivity index (χ1v) is 10.0. The number of aromatic amines is 1. The largest absolute Gasteiger partial charge is 0.496 e. The second kappa shape index (κ2) is 9.54. The summed E-state index contributed by atoms with van der Waals surface area (Å²) >= 11 is 6.62. The number of H-pyrrole nitrogens is 1. The van der Waals surface area contributed by atoms with Crippen molar-refractivity contribution in [3.8, 4) is 5.75 Å². The van der Waals surface area contributed by atoms with Crippen LogP contribution in [0.4, 0.5) is 5.82 Å².